The number of rotatable bonds is 5. The van der Waals surface area contributed by atoms with E-state index in [1.54, 1.807) is 12.4 Å². The van der Waals surface area contributed by atoms with Crippen molar-refractivity contribution in [2.75, 3.05) is 18.0 Å². The molecule has 0 spiro atoms. The number of nitrogens with one attached hydrogen (secondary N) is 2. The van der Waals surface area contributed by atoms with Crippen LogP contribution in [0.5, 0.6) is 0 Å². The van der Waals surface area contributed by atoms with Crippen LogP contribution in [0.2, 0.25) is 5.02 Å². The number of halogens is 1. The van der Waals surface area contributed by atoms with Gasteiger partial charge in [0.15, 0.2) is 5.82 Å². The minimum Gasteiger partial charge on any atom is -0.354 e. The molecule has 4 rings (SSSR count). The molecule has 2 N–H and O–H groups in total. The number of pyridine rings is 1. The fourth-order valence-electron chi connectivity index (χ4n) is 3.79. The highest BCUT2D eigenvalue weighted by molar-refractivity contribution is 6.31. The van der Waals surface area contributed by atoms with Crippen LogP contribution in [0.3, 0.4) is 0 Å². The van der Waals surface area contributed by atoms with Crippen molar-refractivity contribution < 1.29 is 7.65 Å². The number of carbonyl (C=O) groups excluding carboxylic acids is 1. The molecule has 150 valence electrons. The molecule has 0 aromatic carbocycles. The number of hydrogen-bond acceptors (Lipinski definition) is 5. The summed E-state index contributed by atoms with van der Waals surface area (Å²) in [5, 5.41) is 4.46. The zero-order valence-corrected chi connectivity index (χ0v) is 16.8. The van der Waals surface area contributed by atoms with Crippen LogP contribution in [0.15, 0.2) is 30.7 Å². The van der Waals surface area contributed by atoms with Gasteiger partial charge in [-0.2, -0.15) is 0 Å². The molecule has 1 aliphatic rings. The summed E-state index contributed by atoms with van der Waals surface area (Å²) in [6.07, 6.45) is 7.83. The number of nitrogens with zero attached hydrogens (tertiary/aromatic N) is 4. The van der Waals surface area contributed by atoms with Gasteiger partial charge in [0, 0.05) is 45.5 Å². The number of H-pyrrole nitrogens is 1. The van der Waals surface area contributed by atoms with Crippen molar-refractivity contribution in [3.05, 3.63) is 35.7 Å². The first-order chi connectivity index (χ1) is 13.5. The molecule has 1 saturated heterocycles. The Bertz CT molecular complexity index is 1030. The van der Waals surface area contributed by atoms with E-state index in [9.17, 15) is 4.79 Å². The molecule has 0 unspecified atom stereocenters. The van der Waals surface area contributed by atoms with Gasteiger partial charge in [0.05, 0.1) is 5.02 Å². The number of fused-ring (bicyclic) bond motifs is 1. The summed E-state index contributed by atoms with van der Waals surface area (Å²) in [4.78, 5) is 31.6. The maximum Gasteiger partial charge on any atom is 0.245 e. The van der Waals surface area contributed by atoms with Gasteiger partial charge in [-0.1, -0.05) is 18.5 Å². The Hall–Kier alpha value is -2.67. The van der Waals surface area contributed by atoms with Crippen LogP contribution >= 0.6 is 11.6 Å². The number of amides is 1. The molecular weight excluding hydrogens is 376 g/mol. The summed E-state index contributed by atoms with van der Waals surface area (Å²) in [6.45, 7) is 5.50. The lowest BCUT2D eigenvalue weighted by Gasteiger charge is -2.34. The molecule has 3 aromatic rings. The van der Waals surface area contributed by atoms with Crippen LogP contribution in [-0.4, -0.2) is 44.5 Å². The van der Waals surface area contributed by atoms with E-state index in [4.69, 9.17) is 16.6 Å². The van der Waals surface area contributed by atoms with Crippen molar-refractivity contribution in [3.8, 4) is 11.4 Å². The van der Waals surface area contributed by atoms with Crippen LogP contribution in [0.4, 0.5) is 5.82 Å². The second-order valence-corrected chi connectivity index (χ2v) is 7.71. The lowest BCUT2D eigenvalue weighted by molar-refractivity contribution is -0.125. The lowest BCUT2D eigenvalue weighted by Crippen LogP contribution is -2.54. The first-order valence-corrected chi connectivity index (χ1v) is 9.92. The van der Waals surface area contributed by atoms with Crippen LogP contribution in [0.1, 0.15) is 36.0 Å². The molecule has 0 radical (unpaired) electrons. The molecule has 0 aliphatic carbocycles. The molecule has 7 nitrogen and oxygen atoms in total. The quantitative estimate of drug-likeness (QED) is 0.672. The van der Waals surface area contributed by atoms with Gasteiger partial charge < -0.3 is 15.2 Å². The second kappa shape index (κ2) is 7.39. The van der Waals surface area contributed by atoms with Crippen LogP contribution in [-0.2, 0) is 4.79 Å². The fraction of sp³-hybridized carbons (Fsp3) is 0.400. The molecule has 8 heteroatoms. The Labute approximate surface area is 171 Å². The smallest absolute Gasteiger partial charge is 0.245 e. The van der Waals surface area contributed by atoms with Crippen LogP contribution in [0, 0.1) is 0 Å². The van der Waals surface area contributed by atoms with E-state index in [0.717, 1.165) is 48.2 Å². The van der Waals surface area contributed by atoms with E-state index in [2.05, 4.69) is 25.2 Å². The number of aromatic amines is 1. The van der Waals surface area contributed by atoms with Gasteiger partial charge in [-0.05, 0) is 38.3 Å². The Morgan fingerprint density at radius 3 is 3.14 bits per heavy atom. The van der Waals surface area contributed by atoms with Gasteiger partial charge in [-0.25, -0.2) is 15.0 Å². The number of aromatic nitrogens is 4. The molecule has 1 aliphatic heterocycles. The maximum atomic E-state index is 12.8. The van der Waals surface area contributed by atoms with E-state index >= 15 is 0 Å². The van der Waals surface area contributed by atoms with Gasteiger partial charge in [0.2, 0.25) is 5.91 Å². The summed E-state index contributed by atoms with van der Waals surface area (Å²) >= 11 is 6.11. The van der Waals surface area contributed by atoms with Crippen molar-refractivity contribution in [1.29, 1.82) is 0 Å². The molecular formula is C20H27ClN6O. The SMILES string of the molecule is CCCNC(=O)[C@@]1(C)CCCN1c1ccnc(-c2c[nH]c3ncc(Cl)cc23)n1.[HH].[HH]. The summed E-state index contributed by atoms with van der Waals surface area (Å²) in [7, 11) is 0. The molecule has 0 bridgehead atoms. The monoisotopic (exact) mass is 402 g/mol. The Morgan fingerprint density at radius 1 is 1.46 bits per heavy atom. The Balaban J connectivity index is 0.00000160. The molecule has 1 amide bonds. The highest BCUT2D eigenvalue weighted by atomic mass is 35.5. The Morgan fingerprint density at radius 2 is 2.32 bits per heavy atom. The van der Waals surface area contributed by atoms with Gasteiger partial charge in [0.25, 0.3) is 0 Å². The van der Waals surface area contributed by atoms with E-state index < -0.39 is 5.54 Å². The highest BCUT2D eigenvalue weighted by Crippen LogP contribution is 2.34. The predicted octanol–water partition coefficient (Wildman–Crippen LogP) is 4.05. The molecule has 4 heterocycles. The first kappa shape index (κ1) is 18.7. The van der Waals surface area contributed by atoms with Crippen molar-refractivity contribution in [2.45, 2.75) is 38.6 Å². The second-order valence-electron chi connectivity index (χ2n) is 7.28. The normalized spacial score (nSPS) is 19.3. The number of carbonyl (C=O) groups is 1. The minimum absolute atomic E-state index is 0. The summed E-state index contributed by atoms with van der Waals surface area (Å²) in [5.41, 5.74) is 0.966. The van der Waals surface area contributed by atoms with Crippen molar-refractivity contribution in [1.82, 2.24) is 25.3 Å². The van der Waals surface area contributed by atoms with E-state index in [1.807, 2.05) is 32.2 Å². The van der Waals surface area contributed by atoms with Crippen molar-refractivity contribution in [2.24, 2.45) is 0 Å². The largest absolute Gasteiger partial charge is 0.354 e. The number of hydrogen-bond donors (Lipinski definition) is 2. The highest BCUT2D eigenvalue weighted by Gasteiger charge is 2.43. The molecule has 1 atom stereocenters. The molecule has 3 aromatic heterocycles. The lowest BCUT2D eigenvalue weighted by atomic mass is 9.97. The fourth-order valence-corrected chi connectivity index (χ4v) is 3.95. The van der Waals surface area contributed by atoms with Gasteiger partial charge in [-0.15, -0.1) is 0 Å². The third kappa shape index (κ3) is 3.20. The van der Waals surface area contributed by atoms with Crippen LogP contribution in [0.25, 0.3) is 22.4 Å². The van der Waals surface area contributed by atoms with E-state index in [1.165, 1.54) is 0 Å². The zero-order chi connectivity index (χ0) is 19.7. The minimum atomic E-state index is -0.605. The van der Waals surface area contributed by atoms with Crippen molar-refractivity contribution in [3.63, 3.8) is 0 Å². The molecule has 0 saturated carbocycles. The van der Waals surface area contributed by atoms with Crippen molar-refractivity contribution >= 4 is 34.4 Å². The summed E-state index contributed by atoms with van der Waals surface area (Å²) < 4.78 is 0. The first-order valence-electron chi connectivity index (χ1n) is 9.55. The average Bonchev–Trinajstić information content (AvgIpc) is 3.30. The summed E-state index contributed by atoms with van der Waals surface area (Å²) in [6, 6.07) is 3.71. The number of anilines is 1. The third-order valence-electron chi connectivity index (χ3n) is 5.32. The van der Waals surface area contributed by atoms with Gasteiger partial charge in [0.1, 0.15) is 17.0 Å². The van der Waals surface area contributed by atoms with Gasteiger partial charge in [-0.3, -0.25) is 4.79 Å². The molecule has 28 heavy (non-hydrogen) atoms. The molecule has 1 fully saturated rings. The predicted molar refractivity (Wildman–Crippen MR) is 115 cm³/mol. The summed E-state index contributed by atoms with van der Waals surface area (Å²) in [5.74, 6) is 1.38. The average molecular weight is 403 g/mol. The van der Waals surface area contributed by atoms with Crippen LogP contribution < -0.4 is 10.2 Å². The topological polar surface area (TPSA) is 86.8 Å². The van der Waals surface area contributed by atoms with E-state index in [0.29, 0.717) is 17.4 Å². The van der Waals surface area contributed by atoms with Gasteiger partial charge >= 0.3 is 0 Å². The maximum absolute atomic E-state index is 12.8. The standard InChI is InChI=1S/C20H23ClN6O.2H2/c1-3-7-23-19(28)20(2)6-4-9-27(20)16-5-8-22-18(26-16)15-12-25-17-14(15)10-13(21)11-24-17;;/h5,8,10-12H,3-4,6-7,9H2,1-2H3,(H,23,28)(H,24,25);2*1H/t20-;;/m1../s1. The zero-order valence-electron chi connectivity index (χ0n) is 16.0. The Kier molecular flexibility index (Phi) is 4.93. The van der Waals surface area contributed by atoms with E-state index in [-0.39, 0.29) is 8.76 Å². The third-order valence-corrected chi connectivity index (χ3v) is 5.53.